The van der Waals surface area contributed by atoms with E-state index in [1.54, 1.807) is 45.3 Å². The zero-order valence-electron chi connectivity index (χ0n) is 13.3. The minimum absolute atomic E-state index is 0.236. The lowest BCUT2D eigenvalue weighted by atomic mass is 10.2. The van der Waals surface area contributed by atoms with Crippen molar-refractivity contribution in [3.8, 4) is 0 Å². The first-order chi connectivity index (χ1) is 10.7. The Balaban J connectivity index is 1.96. The van der Waals surface area contributed by atoms with Crippen molar-refractivity contribution in [2.45, 2.75) is 33.3 Å². The van der Waals surface area contributed by atoms with Gasteiger partial charge in [-0.25, -0.2) is 14.8 Å². The van der Waals surface area contributed by atoms with Crippen molar-refractivity contribution >= 4 is 34.8 Å². The van der Waals surface area contributed by atoms with E-state index in [9.17, 15) is 9.59 Å². The molecule has 0 saturated heterocycles. The first kappa shape index (κ1) is 16.9. The lowest BCUT2D eigenvalue weighted by Gasteiger charge is -2.19. The molecule has 8 heteroatoms. The van der Waals surface area contributed by atoms with E-state index in [0.717, 1.165) is 0 Å². The number of hydrogen-bond donors (Lipinski definition) is 2. The van der Waals surface area contributed by atoms with Gasteiger partial charge in [0.25, 0.3) is 5.91 Å². The van der Waals surface area contributed by atoms with Gasteiger partial charge in [0.2, 0.25) is 0 Å². The molecular formula is C15H18N4O3S. The van der Waals surface area contributed by atoms with Gasteiger partial charge in [-0.15, -0.1) is 11.3 Å². The van der Waals surface area contributed by atoms with Gasteiger partial charge >= 0.3 is 6.09 Å². The standard InChI is InChI=1S/C15H18N4O3S/c1-9-12(23-8-17-9)13(20)18-10-5-6-11(16-7-10)19-14(21)22-15(2,3)4/h5-8H,1-4H3,(H,18,20)(H,16,19,21). The van der Waals surface area contributed by atoms with Crippen LogP contribution in [0.5, 0.6) is 0 Å². The molecule has 2 N–H and O–H groups in total. The topological polar surface area (TPSA) is 93.2 Å². The third-order valence-corrected chi connectivity index (χ3v) is 3.53. The number of ether oxygens (including phenoxy) is 1. The zero-order valence-corrected chi connectivity index (χ0v) is 14.2. The molecule has 0 aliphatic heterocycles. The van der Waals surface area contributed by atoms with E-state index in [1.807, 2.05) is 0 Å². The number of aryl methyl sites for hydroxylation is 1. The van der Waals surface area contributed by atoms with Crippen LogP contribution < -0.4 is 10.6 Å². The fourth-order valence-corrected chi connectivity index (χ4v) is 2.36. The third kappa shape index (κ3) is 5.03. The van der Waals surface area contributed by atoms with Crippen LogP contribution in [0.25, 0.3) is 0 Å². The quantitative estimate of drug-likeness (QED) is 0.897. The van der Waals surface area contributed by atoms with Gasteiger partial charge in [0.05, 0.1) is 23.1 Å². The lowest BCUT2D eigenvalue weighted by molar-refractivity contribution is 0.0635. The first-order valence-corrected chi connectivity index (χ1v) is 7.80. The molecule has 2 heterocycles. The van der Waals surface area contributed by atoms with Crippen molar-refractivity contribution < 1.29 is 14.3 Å². The summed E-state index contributed by atoms with van der Waals surface area (Å²) in [4.78, 5) is 32.4. The molecule has 2 aromatic rings. The number of pyridine rings is 1. The minimum atomic E-state index is -0.581. The predicted octanol–water partition coefficient (Wildman–Crippen LogP) is 3.45. The van der Waals surface area contributed by atoms with Crippen molar-refractivity contribution in [2.24, 2.45) is 0 Å². The van der Waals surface area contributed by atoms with Gasteiger partial charge in [0, 0.05) is 0 Å². The Hall–Kier alpha value is -2.48. The molecule has 122 valence electrons. The highest BCUT2D eigenvalue weighted by Crippen LogP contribution is 2.16. The molecule has 7 nitrogen and oxygen atoms in total. The summed E-state index contributed by atoms with van der Waals surface area (Å²) in [7, 11) is 0. The van der Waals surface area contributed by atoms with Crippen molar-refractivity contribution in [1.29, 1.82) is 0 Å². The Morgan fingerprint density at radius 3 is 2.43 bits per heavy atom. The van der Waals surface area contributed by atoms with Gasteiger partial charge < -0.3 is 10.1 Å². The predicted molar refractivity (Wildman–Crippen MR) is 88.9 cm³/mol. The molecule has 0 aliphatic rings. The average Bonchev–Trinajstić information content (AvgIpc) is 2.85. The van der Waals surface area contributed by atoms with Gasteiger partial charge in [-0.05, 0) is 39.8 Å². The molecule has 0 saturated carbocycles. The Morgan fingerprint density at radius 2 is 1.91 bits per heavy atom. The second-order valence-electron chi connectivity index (χ2n) is 5.78. The number of rotatable bonds is 3. The number of anilines is 2. The van der Waals surface area contributed by atoms with E-state index < -0.39 is 11.7 Å². The molecule has 0 atom stereocenters. The van der Waals surface area contributed by atoms with E-state index in [4.69, 9.17) is 4.74 Å². The minimum Gasteiger partial charge on any atom is -0.444 e. The van der Waals surface area contributed by atoms with Gasteiger partial charge in [-0.2, -0.15) is 0 Å². The molecule has 0 aliphatic carbocycles. The first-order valence-electron chi connectivity index (χ1n) is 6.92. The SMILES string of the molecule is Cc1ncsc1C(=O)Nc1ccc(NC(=O)OC(C)(C)C)nc1. The Kier molecular flexibility index (Phi) is 4.95. The van der Waals surface area contributed by atoms with Gasteiger partial charge in [-0.1, -0.05) is 0 Å². The maximum atomic E-state index is 12.1. The smallest absolute Gasteiger partial charge is 0.413 e. The van der Waals surface area contributed by atoms with Crippen LogP contribution in [-0.2, 0) is 4.74 Å². The number of nitrogens with zero attached hydrogens (tertiary/aromatic N) is 2. The summed E-state index contributed by atoms with van der Waals surface area (Å²) in [5.41, 5.74) is 2.25. The molecule has 0 spiro atoms. The largest absolute Gasteiger partial charge is 0.444 e. The van der Waals surface area contributed by atoms with Gasteiger partial charge in [0.1, 0.15) is 16.3 Å². The Labute approximate surface area is 138 Å². The summed E-state index contributed by atoms with van der Waals surface area (Å²) in [6.45, 7) is 7.11. The molecule has 0 unspecified atom stereocenters. The fraction of sp³-hybridized carbons (Fsp3) is 0.333. The molecule has 2 rings (SSSR count). The number of thiazole rings is 1. The van der Waals surface area contributed by atoms with Crippen molar-refractivity contribution in [2.75, 3.05) is 10.6 Å². The summed E-state index contributed by atoms with van der Waals surface area (Å²) < 4.78 is 5.13. The Morgan fingerprint density at radius 1 is 1.17 bits per heavy atom. The highest BCUT2D eigenvalue weighted by molar-refractivity contribution is 7.12. The van der Waals surface area contributed by atoms with Crippen molar-refractivity contribution in [3.63, 3.8) is 0 Å². The number of nitrogens with one attached hydrogen (secondary N) is 2. The van der Waals surface area contributed by atoms with Crippen LogP contribution in [0.15, 0.2) is 23.8 Å². The maximum absolute atomic E-state index is 12.1. The zero-order chi connectivity index (χ0) is 17.0. The molecule has 2 aromatic heterocycles. The summed E-state index contributed by atoms with van der Waals surface area (Å²) in [6.07, 6.45) is 0.878. The number of amides is 2. The molecule has 0 aromatic carbocycles. The summed E-state index contributed by atoms with van der Waals surface area (Å²) in [5, 5.41) is 5.25. The summed E-state index contributed by atoms with van der Waals surface area (Å²) >= 11 is 1.28. The van der Waals surface area contributed by atoms with Crippen molar-refractivity contribution in [1.82, 2.24) is 9.97 Å². The molecule has 2 amide bonds. The van der Waals surface area contributed by atoms with E-state index in [-0.39, 0.29) is 5.91 Å². The molecule has 0 radical (unpaired) electrons. The molecule has 23 heavy (non-hydrogen) atoms. The summed E-state index contributed by atoms with van der Waals surface area (Å²) in [5.74, 6) is 0.103. The second kappa shape index (κ2) is 6.74. The lowest BCUT2D eigenvalue weighted by Crippen LogP contribution is -2.27. The van der Waals surface area contributed by atoms with Gasteiger partial charge in [0.15, 0.2) is 0 Å². The highest BCUT2D eigenvalue weighted by atomic mass is 32.1. The molecule has 0 bridgehead atoms. The van der Waals surface area contributed by atoms with Gasteiger partial charge in [-0.3, -0.25) is 10.1 Å². The van der Waals surface area contributed by atoms with E-state index in [1.165, 1.54) is 17.5 Å². The van der Waals surface area contributed by atoms with Crippen LogP contribution in [0.4, 0.5) is 16.3 Å². The highest BCUT2D eigenvalue weighted by Gasteiger charge is 2.16. The number of hydrogen-bond acceptors (Lipinski definition) is 6. The fourth-order valence-electron chi connectivity index (χ4n) is 1.66. The second-order valence-corrected chi connectivity index (χ2v) is 6.63. The monoisotopic (exact) mass is 334 g/mol. The van der Waals surface area contributed by atoms with Crippen LogP contribution in [0.1, 0.15) is 36.1 Å². The molecule has 0 fully saturated rings. The average molecular weight is 334 g/mol. The summed E-state index contributed by atoms with van der Waals surface area (Å²) in [6, 6.07) is 3.23. The van der Waals surface area contributed by atoms with E-state index in [0.29, 0.717) is 22.1 Å². The van der Waals surface area contributed by atoms with Crippen LogP contribution >= 0.6 is 11.3 Å². The van der Waals surface area contributed by atoms with Crippen LogP contribution in [0.3, 0.4) is 0 Å². The Bertz CT molecular complexity index is 704. The normalized spacial score (nSPS) is 11.0. The van der Waals surface area contributed by atoms with Crippen molar-refractivity contribution in [3.05, 3.63) is 34.4 Å². The number of carbonyl (C=O) groups excluding carboxylic acids is 2. The molecular weight excluding hydrogens is 316 g/mol. The third-order valence-electron chi connectivity index (χ3n) is 2.60. The number of carbonyl (C=O) groups is 2. The van der Waals surface area contributed by atoms with Crippen LogP contribution in [0.2, 0.25) is 0 Å². The maximum Gasteiger partial charge on any atom is 0.413 e. The number of aromatic nitrogens is 2. The van der Waals surface area contributed by atoms with E-state index >= 15 is 0 Å². The van der Waals surface area contributed by atoms with E-state index in [2.05, 4.69) is 20.6 Å². The van der Waals surface area contributed by atoms with Crippen LogP contribution in [-0.4, -0.2) is 27.6 Å². The van der Waals surface area contributed by atoms with Crippen LogP contribution in [0, 0.1) is 6.92 Å².